The molecule has 2 atom stereocenters. The molecular weight excluding hydrogens is 198 g/mol. The second-order valence-electron chi connectivity index (χ2n) is 3.63. The molecule has 0 radical (unpaired) electrons. The van der Waals surface area contributed by atoms with Gasteiger partial charge in [0.15, 0.2) is 0 Å². The third-order valence-corrected chi connectivity index (χ3v) is 3.52. The van der Waals surface area contributed by atoms with Crippen molar-refractivity contribution in [2.75, 3.05) is 0 Å². The Bertz CT molecular complexity index is 348. The molecule has 2 rings (SSSR count). The van der Waals surface area contributed by atoms with Crippen LogP contribution in [0.15, 0.2) is 12.1 Å². The first-order valence-corrected chi connectivity index (χ1v) is 5.54. The van der Waals surface area contributed by atoms with E-state index in [4.69, 9.17) is 0 Å². The predicted octanol–water partition coefficient (Wildman–Crippen LogP) is 1.31. The van der Waals surface area contributed by atoms with Gasteiger partial charge >= 0.3 is 0 Å². The SMILES string of the molecule is Cc1ccc(C(=O)NC2CCC2O)s1. The summed E-state index contributed by atoms with van der Waals surface area (Å²) in [5.74, 6) is -0.0631. The summed E-state index contributed by atoms with van der Waals surface area (Å²) < 4.78 is 0. The van der Waals surface area contributed by atoms with Crippen LogP contribution in [0.25, 0.3) is 0 Å². The zero-order chi connectivity index (χ0) is 10.1. The van der Waals surface area contributed by atoms with E-state index in [1.807, 2.05) is 19.1 Å². The number of aliphatic hydroxyl groups is 1. The molecule has 1 heterocycles. The smallest absolute Gasteiger partial charge is 0.261 e. The first kappa shape index (κ1) is 9.68. The van der Waals surface area contributed by atoms with E-state index in [-0.39, 0.29) is 18.1 Å². The van der Waals surface area contributed by atoms with Crippen molar-refractivity contribution >= 4 is 17.2 Å². The lowest BCUT2D eigenvalue weighted by molar-refractivity contribution is 0.0449. The summed E-state index contributed by atoms with van der Waals surface area (Å²) >= 11 is 1.48. The molecule has 0 spiro atoms. The molecule has 4 heteroatoms. The van der Waals surface area contributed by atoms with Crippen LogP contribution in [0.2, 0.25) is 0 Å². The number of hydrogen-bond donors (Lipinski definition) is 2. The Kier molecular flexibility index (Phi) is 2.56. The monoisotopic (exact) mass is 211 g/mol. The number of nitrogens with one attached hydrogen (secondary N) is 1. The van der Waals surface area contributed by atoms with Crippen LogP contribution in [0.1, 0.15) is 27.4 Å². The van der Waals surface area contributed by atoms with E-state index in [1.165, 1.54) is 11.3 Å². The number of carbonyl (C=O) groups excluding carboxylic acids is 1. The number of thiophene rings is 1. The van der Waals surface area contributed by atoms with Crippen molar-refractivity contribution in [2.45, 2.75) is 31.9 Å². The highest BCUT2D eigenvalue weighted by molar-refractivity contribution is 7.13. The van der Waals surface area contributed by atoms with Crippen LogP contribution < -0.4 is 5.32 Å². The van der Waals surface area contributed by atoms with Gasteiger partial charge in [0.1, 0.15) is 0 Å². The number of aryl methyl sites for hydroxylation is 1. The Morgan fingerprint density at radius 3 is 2.79 bits per heavy atom. The molecule has 2 N–H and O–H groups in total. The Morgan fingerprint density at radius 2 is 2.36 bits per heavy atom. The van der Waals surface area contributed by atoms with Crippen LogP contribution in [0.3, 0.4) is 0 Å². The van der Waals surface area contributed by atoms with E-state index < -0.39 is 0 Å². The van der Waals surface area contributed by atoms with Crippen molar-refractivity contribution in [3.05, 3.63) is 21.9 Å². The fourth-order valence-electron chi connectivity index (χ4n) is 1.45. The van der Waals surface area contributed by atoms with E-state index >= 15 is 0 Å². The lowest BCUT2D eigenvalue weighted by Crippen LogP contribution is -2.50. The highest BCUT2D eigenvalue weighted by Crippen LogP contribution is 2.21. The molecule has 0 saturated heterocycles. The summed E-state index contributed by atoms with van der Waals surface area (Å²) in [5, 5.41) is 12.1. The maximum absolute atomic E-state index is 11.6. The molecule has 3 nitrogen and oxygen atoms in total. The lowest BCUT2D eigenvalue weighted by Gasteiger charge is -2.32. The van der Waals surface area contributed by atoms with E-state index in [2.05, 4.69) is 5.32 Å². The normalized spacial score (nSPS) is 25.6. The molecule has 1 aliphatic rings. The highest BCUT2D eigenvalue weighted by atomic mass is 32.1. The van der Waals surface area contributed by atoms with Gasteiger partial charge in [-0.25, -0.2) is 0 Å². The van der Waals surface area contributed by atoms with Gasteiger partial charge in [-0.3, -0.25) is 4.79 Å². The first-order chi connectivity index (χ1) is 6.66. The van der Waals surface area contributed by atoms with Gasteiger partial charge < -0.3 is 10.4 Å². The molecule has 0 bridgehead atoms. The minimum atomic E-state index is -0.347. The molecule has 1 aromatic rings. The fourth-order valence-corrected chi connectivity index (χ4v) is 2.22. The van der Waals surface area contributed by atoms with Crippen molar-refractivity contribution in [2.24, 2.45) is 0 Å². The van der Waals surface area contributed by atoms with Crippen LogP contribution in [-0.4, -0.2) is 23.2 Å². The van der Waals surface area contributed by atoms with Crippen molar-refractivity contribution in [3.63, 3.8) is 0 Å². The quantitative estimate of drug-likeness (QED) is 0.775. The summed E-state index contributed by atoms with van der Waals surface area (Å²) in [5.41, 5.74) is 0. The Morgan fingerprint density at radius 1 is 1.57 bits per heavy atom. The van der Waals surface area contributed by atoms with E-state index in [9.17, 15) is 9.90 Å². The molecular formula is C10H13NO2S. The first-order valence-electron chi connectivity index (χ1n) is 4.72. The fraction of sp³-hybridized carbons (Fsp3) is 0.500. The van der Waals surface area contributed by atoms with E-state index in [0.29, 0.717) is 0 Å². The molecule has 14 heavy (non-hydrogen) atoms. The maximum Gasteiger partial charge on any atom is 0.261 e. The summed E-state index contributed by atoms with van der Waals surface area (Å²) in [6, 6.07) is 3.71. The Balaban J connectivity index is 1.95. The lowest BCUT2D eigenvalue weighted by atomic mass is 9.89. The van der Waals surface area contributed by atoms with E-state index in [0.717, 1.165) is 22.6 Å². The molecule has 0 aromatic carbocycles. The topological polar surface area (TPSA) is 49.3 Å². The molecule has 2 unspecified atom stereocenters. The van der Waals surface area contributed by atoms with Crippen molar-refractivity contribution < 1.29 is 9.90 Å². The van der Waals surface area contributed by atoms with Gasteiger partial charge in [-0.15, -0.1) is 11.3 Å². The van der Waals surface area contributed by atoms with Gasteiger partial charge in [0.2, 0.25) is 0 Å². The van der Waals surface area contributed by atoms with Crippen LogP contribution in [0.4, 0.5) is 0 Å². The number of hydrogen-bond acceptors (Lipinski definition) is 3. The molecule has 76 valence electrons. The molecule has 1 aliphatic carbocycles. The summed E-state index contributed by atoms with van der Waals surface area (Å²) in [6.07, 6.45) is 1.34. The van der Waals surface area contributed by atoms with Gasteiger partial charge in [0.25, 0.3) is 5.91 Å². The van der Waals surface area contributed by atoms with E-state index in [1.54, 1.807) is 0 Å². The summed E-state index contributed by atoms with van der Waals surface area (Å²) in [4.78, 5) is 13.4. The molecule has 1 amide bonds. The predicted molar refractivity (Wildman–Crippen MR) is 55.6 cm³/mol. The number of rotatable bonds is 2. The van der Waals surface area contributed by atoms with Gasteiger partial charge in [-0.1, -0.05) is 0 Å². The number of amides is 1. The molecule has 0 aliphatic heterocycles. The second kappa shape index (κ2) is 3.71. The van der Waals surface area contributed by atoms with Crippen LogP contribution in [0.5, 0.6) is 0 Å². The van der Waals surface area contributed by atoms with Gasteiger partial charge in [0.05, 0.1) is 17.0 Å². The largest absolute Gasteiger partial charge is 0.391 e. The van der Waals surface area contributed by atoms with Crippen LogP contribution in [-0.2, 0) is 0 Å². The summed E-state index contributed by atoms with van der Waals surface area (Å²) in [7, 11) is 0. The molecule has 1 aromatic heterocycles. The molecule has 1 fully saturated rings. The number of carbonyl (C=O) groups is 1. The van der Waals surface area contributed by atoms with Crippen molar-refractivity contribution in [3.8, 4) is 0 Å². The summed E-state index contributed by atoms with van der Waals surface area (Å²) in [6.45, 7) is 1.97. The standard InChI is InChI=1S/C10H13NO2S/c1-6-2-5-9(14-6)10(13)11-7-3-4-8(7)12/h2,5,7-8,12H,3-4H2,1H3,(H,11,13). The Labute approximate surface area is 86.8 Å². The minimum Gasteiger partial charge on any atom is -0.391 e. The zero-order valence-electron chi connectivity index (χ0n) is 7.99. The van der Waals surface area contributed by atoms with Gasteiger partial charge in [-0.2, -0.15) is 0 Å². The average molecular weight is 211 g/mol. The second-order valence-corrected chi connectivity index (χ2v) is 4.92. The highest BCUT2D eigenvalue weighted by Gasteiger charge is 2.30. The van der Waals surface area contributed by atoms with Crippen LogP contribution >= 0.6 is 11.3 Å². The van der Waals surface area contributed by atoms with Crippen molar-refractivity contribution in [1.29, 1.82) is 0 Å². The average Bonchev–Trinajstić information content (AvgIpc) is 2.58. The Hall–Kier alpha value is -0.870. The third-order valence-electron chi connectivity index (χ3n) is 2.52. The number of aliphatic hydroxyl groups excluding tert-OH is 1. The molecule has 1 saturated carbocycles. The van der Waals surface area contributed by atoms with Gasteiger partial charge in [-0.05, 0) is 31.9 Å². The van der Waals surface area contributed by atoms with Crippen LogP contribution in [0, 0.1) is 6.92 Å². The van der Waals surface area contributed by atoms with Gasteiger partial charge in [0, 0.05) is 4.88 Å². The maximum atomic E-state index is 11.6. The van der Waals surface area contributed by atoms with Crippen molar-refractivity contribution in [1.82, 2.24) is 5.32 Å². The minimum absolute atomic E-state index is 0.0371. The third kappa shape index (κ3) is 1.81. The zero-order valence-corrected chi connectivity index (χ0v) is 8.80.